The highest BCUT2D eigenvalue weighted by molar-refractivity contribution is 7.46. The standard InChI is InChI=1S/C11H23N.C7H9P/c1-2-3-4-6-9-12-10-7-5-8-11-12;1-8-7-5-3-2-4-6-7/h2-11H2,1H3;2-6,8H,1H3. The summed E-state index contributed by atoms with van der Waals surface area (Å²) in [5.41, 5.74) is 0. The fourth-order valence-electron chi connectivity index (χ4n) is 2.55. The van der Waals surface area contributed by atoms with Gasteiger partial charge in [0.05, 0.1) is 0 Å². The van der Waals surface area contributed by atoms with Crippen LogP contribution in [0.15, 0.2) is 30.3 Å². The van der Waals surface area contributed by atoms with Crippen LogP contribution < -0.4 is 5.30 Å². The van der Waals surface area contributed by atoms with Gasteiger partial charge in [-0.2, -0.15) is 0 Å². The molecule has 0 bridgehead atoms. The molecule has 1 aliphatic rings. The maximum Gasteiger partial charge on any atom is -0.00187 e. The van der Waals surface area contributed by atoms with Crippen molar-refractivity contribution in [2.75, 3.05) is 26.3 Å². The van der Waals surface area contributed by atoms with Gasteiger partial charge in [-0.25, -0.2) is 0 Å². The first-order chi connectivity index (χ1) is 9.86. The van der Waals surface area contributed by atoms with Crippen molar-refractivity contribution >= 4 is 13.9 Å². The number of piperidine rings is 1. The zero-order valence-electron chi connectivity index (χ0n) is 13.4. The van der Waals surface area contributed by atoms with Gasteiger partial charge in [0.25, 0.3) is 0 Å². The van der Waals surface area contributed by atoms with Crippen LogP contribution in [0.2, 0.25) is 0 Å². The monoisotopic (exact) mass is 293 g/mol. The molecule has 1 unspecified atom stereocenters. The van der Waals surface area contributed by atoms with Crippen LogP contribution in [0.4, 0.5) is 0 Å². The van der Waals surface area contributed by atoms with E-state index >= 15 is 0 Å². The summed E-state index contributed by atoms with van der Waals surface area (Å²) in [5.74, 6) is 0. The van der Waals surface area contributed by atoms with Crippen LogP contribution >= 0.6 is 8.58 Å². The van der Waals surface area contributed by atoms with E-state index in [-0.39, 0.29) is 0 Å². The van der Waals surface area contributed by atoms with Gasteiger partial charge in [-0.05, 0) is 50.9 Å². The molecule has 2 rings (SSSR count). The minimum absolute atomic E-state index is 0.930. The quantitative estimate of drug-likeness (QED) is 0.544. The second-order valence-electron chi connectivity index (χ2n) is 5.58. The highest BCUT2D eigenvalue weighted by Crippen LogP contribution is 2.10. The molecule has 1 atom stereocenters. The van der Waals surface area contributed by atoms with Crippen molar-refractivity contribution in [2.24, 2.45) is 0 Å². The van der Waals surface area contributed by atoms with Crippen molar-refractivity contribution < 1.29 is 0 Å². The Bertz CT molecular complexity index is 306. The first kappa shape index (κ1) is 17.7. The first-order valence-corrected chi connectivity index (χ1v) is 9.82. The van der Waals surface area contributed by atoms with Crippen LogP contribution in [0, 0.1) is 0 Å². The molecule has 1 nitrogen and oxygen atoms in total. The maximum absolute atomic E-state index is 2.64. The topological polar surface area (TPSA) is 3.24 Å². The molecule has 1 aliphatic heterocycles. The van der Waals surface area contributed by atoms with Crippen molar-refractivity contribution in [3.63, 3.8) is 0 Å². The molecule has 0 N–H and O–H groups in total. The molecule has 1 aromatic carbocycles. The summed E-state index contributed by atoms with van der Waals surface area (Å²) >= 11 is 0. The van der Waals surface area contributed by atoms with Gasteiger partial charge in [-0.3, -0.25) is 0 Å². The smallest absolute Gasteiger partial charge is 0.00187 e. The number of rotatable bonds is 6. The van der Waals surface area contributed by atoms with E-state index in [0.717, 1.165) is 8.58 Å². The minimum atomic E-state index is 0.930. The highest BCUT2D eigenvalue weighted by atomic mass is 31.1. The lowest BCUT2D eigenvalue weighted by atomic mass is 10.1. The summed E-state index contributed by atoms with van der Waals surface area (Å²) in [6.45, 7) is 8.56. The lowest BCUT2D eigenvalue weighted by Crippen LogP contribution is -2.30. The van der Waals surface area contributed by atoms with Gasteiger partial charge in [0.15, 0.2) is 0 Å². The van der Waals surface area contributed by atoms with Gasteiger partial charge in [0.1, 0.15) is 0 Å². The Morgan fingerprint density at radius 2 is 1.65 bits per heavy atom. The van der Waals surface area contributed by atoms with Gasteiger partial charge in [0, 0.05) is 0 Å². The number of hydrogen-bond donors (Lipinski definition) is 0. The van der Waals surface area contributed by atoms with Gasteiger partial charge >= 0.3 is 0 Å². The van der Waals surface area contributed by atoms with E-state index in [2.05, 4.69) is 42.8 Å². The van der Waals surface area contributed by atoms with Crippen molar-refractivity contribution in [1.82, 2.24) is 4.90 Å². The first-order valence-electron chi connectivity index (χ1n) is 8.32. The third-order valence-corrected chi connectivity index (χ3v) is 4.75. The SMILES string of the molecule is CCCCCCN1CCCCC1.CPc1ccccc1. The molecule has 20 heavy (non-hydrogen) atoms. The second kappa shape index (κ2) is 12.4. The average Bonchev–Trinajstić information content (AvgIpc) is 2.54. The number of benzene rings is 1. The van der Waals surface area contributed by atoms with Gasteiger partial charge in [-0.1, -0.05) is 71.5 Å². The predicted octanol–water partition coefficient (Wildman–Crippen LogP) is 4.67. The van der Waals surface area contributed by atoms with Crippen LogP contribution in [0.25, 0.3) is 0 Å². The summed E-state index contributed by atoms with van der Waals surface area (Å²) in [6, 6.07) is 10.5. The molecule has 1 heterocycles. The molecule has 1 aromatic rings. The van der Waals surface area contributed by atoms with Crippen LogP contribution in [-0.4, -0.2) is 31.2 Å². The molecule has 0 aromatic heterocycles. The maximum atomic E-state index is 2.64. The van der Waals surface area contributed by atoms with E-state index in [0.29, 0.717) is 0 Å². The lowest BCUT2D eigenvalue weighted by Gasteiger charge is -2.26. The average molecular weight is 293 g/mol. The molecule has 2 heteroatoms. The van der Waals surface area contributed by atoms with Crippen LogP contribution in [0.5, 0.6) is 0 Å². The van der Waals surface area contributed by atoms with E-state index in [1.54, 1.807) is 0 Å². The predicted molar refractivity (Wildman–Crippen MR) is 94.7 cm³/mol. The Hall–Kier alpha value is -0.390. The van der Waals surface area contributed by atoms with Crippen LogP contribution in [-0.2, 0) is 0 Å². The molecular weight excluding hydrogens is 261 g/mol. The highest BCUT2D eigenvalue weighted by Gasteiger charge is 2.08. The van der Waals surface area contributed by atoms with Crippen molar-refractivity contribution in [1.29, 1.82) is 0 Å². The van der Waals surface area contributed by atoms with E-state index < -0.39 is 0 Å². The largest absolute Gasteiger partial charge is 0.303 e. The molecule has 0 saturated carbocycles. The van der Waals surface area contributed by atoms with E-state index in [9.17, 15) is 0 Å². The molecule has 0 amide bonds. The van der Waals surface area contributed by atoms with Gasteiger partial charge in [-0.15, -0.1) is 0 Å². The molecule has 0 aliphatic carbocycles. The van der Waals surface area contributed by atoms with Crippen molar-refractivity contribution in [2.45, 2.75) is 51.9 Å². The Kier molecular flexibility index (Phi) is 10.9. The number of unbranched alkanes of at least 4 members (excludes halogenated alkanes) is 3. The van der Waals surface area contributed by atoms with Gasteiger partial charge < -0.3 is 4.90 Å². The summed E-state index contributed by atoms with van der Waals surface area (Å²) in [6.07, 6.45) is 9.99. The Morgan fingerprint density at radius 1 is 0.950 bits per heavy atom. The van der Waals surface area contributed by atoms with E-state index in [1.807, 2.05) is 6.07 Å². The zero-order valence-corrected chi connectivity index (χ0v) is 14.4. The summed E-state index contributed by atoms with van der Waals surface area (Å²) in [7, 11) is 0.930. The molecule has 1 fully saturated rings. The Balaban J connectivity index is 0.000000217. The minimum Gasteiger partial charge on any atom is -0.303 e. The molecule has 1 saturated heterocycles. The Morgan fingerprint density at radius 3 is 2.20 bits per heavy atom. The van der Waals surface area contributed by atoms with Crippen LogP contribution in [0.1, 0.15) is 51.9 Å². The van der Waals surface area contributed by atoms with Gasteiger partial charge in [0.2, 0.25) is 0 Å². The molecular formula is C18H32NP. The van der Waals surface area contributed by atoms with E-state index in [4.69, 9.17) is 0 Å². The number of likely N-dealkylation sites (tertiary alicyclic amines) is 1. The number of nitrogens with zero attached hydrogens (tertiary/aromatic N) is 1. The summed E-state index contributed by atoms with van der Waals surface area (Å²) < 4.78 is 0. The van der Waals surface area contributed by atoms with Crippen molar-refractivity contribution in [3.8, 4) is 0 Å². The second-order valence-corrected chi connectivity index (χ2v) is 6.66. The van der Waals surface area contributed by atoms with E-state index in [1.165, 1.54) is 69.9 Å². The third kappa shape index (κ3) is 8.72. The molecule has 0 spiro atoms. The van der Waals surface area contributed by atoms with Crippen LogP contribution in [0.3, 0.4) is 0 Å². The zero-order chi connectivity index (χ0) is 14.5. The third-order valence-electron chi connectivity index (χ3n) is 3.84. The van der Waals surface area contributed by atoms with Crippen molar-refractivity contribution in [3.05, 3.63) is 30.3 Å². The fraction of sp³-hybridized carbons (Fsp3) is 0.667. The Labute approximate surface area is 127 Å². The molecule has 0 radical (unpaired) electrons. The fourth-order valence-corrected chi connectivity index (χ4v) is 3.08. The summed E-state index contributed by atoms with van der Waals surface area (Å²) in [4.78, 5) is 2.64. The lowest BCUT2D eigenvalue weighted by molar-refractivity contribution is 0.224. The summed E-state index contributed by atoms with van der Waals surface area (Å²) in [5, 5.41) is 1.44. The number of hydrogen-bond acceptors (Lipinski definition) is 1. The molecule has 114 valence electrons. The normalized spacial score (nSPS) is 16.1.